The van der Waals surface area contributed by atoms with E-state index in [1.165, 1.54) is 16.5 Å². The monoisotopic (exact) mass is 371 g/mol. The van der Waals surface area contributed by atoms with E-state index in [1.807, 2.05) is 18.2 Å². The molecule has 2 heterocycles. The largest absolute Gasteiger partial charge is 0.497 e. The molecule has 0 saturated heterocycles. The molecular weight excluding hydrogens is 346 g/mol. The van der Waals surface area contributed by atoms with Gasteiger partial charge >= 0.3 is 0 Å². The van der Waals surface area contributed by atoms with Crippen LogP contribution >= 0.6 is 0 Å². The summed E-state index contributed by atoms with van der Waals surface area (Å²) >= 11 is 0. The molecule has 2 aromatic carbocycles. The minimum Gasteiger partial charge on any atom is -0.497 e. The summed E-state index contributed by atoms with van der Waals surface area (Å²) in [5.41, 5.74) is 4.23. The van der Waals surface area contributed by atoms with Gasteiger partial charge in [-0.05, 0) is 74.5 Å². The summed E-state index contributed by atoms with van der Waals surface area (Å²) in [6, 6.07) is 17.6. The number of nitrogens with zero attached hydrogens (tertiary/aromatic N) is 3. The van der Waals surface area contributed by atoms with Crippen molar-refractivity contribution in [3.05, 3.63) is 66.0 Å². The van der Waals surface area contributed by atoms with Crippen molar-refractivity contribution in [1.29, 1.82) is 5.26 Å². The van der Waals surface area contributed by atoms with Gasteiger partial charge in [0.2, 0.25) is 0 Å². The van der Waals surface area contributed by atoms with Gasteiger partial charge in [-0.15, -0.1) is 0 Å². The minimum atomic E-state index is 0.260. The van der Waals surface area contributed by atoms with Crippen LogP contribution in [0.3, 0.4) is 0 Å². The van der Waals surface area contributed by atoms with Crippen LogP contribution in [-0.2, 0) is 6.42 Å². The van der Waals surface area contributed by atoms with Gasteiger partial charge in [-0.1, -0.05) is 0 Å². The summed E-state index contributed by atoms with van der Waals surface area (Å²) < 4.78 is 9.92. The number of hydrogen-bond donors (Lipinski definition) is 0. The molecule has 0 radical (unpaired) electrons. The Bertz CT molecular complexity index is 1190. The Labute approximate surface area is 165 Å². The molecule has 4 rings (SSSR count). The molecule has 4 nitrogen and oxygen atoms in total. The number of nitriles is 1. The molecule has 0 spiro atoms. The van der Waals surface area contributed by atoms with Crippen LogP contribution in [0.4, 0.5) is 0 Å². The van der Waals surface area contributed by atoms with Crippen LogP contribution in [-0.4, -0.2) is 16.2 Å². The lowest BCUT2D eigenvalue weighted by Crippen LogP contribution is -2.08. The number of ether oxygens (including phenoxy) is 1. The number of methoxy groups -OCH3 is 1. The summed E-state index contributed by atoms with van der Waals surface area (Å²) in [6.45, 7) is 6.55. The number of rotatable bonds is 5. The standard InChI is InChI=1S/C24H25N3O/c1-16(2)26-10-8-22-20(15-25)12-18(13-24(22)26)11-17(3)27-9-7-19-5-6-21(28-4)14-23(19)27/h5-10,12-14,16-17H,11H2,1-4H3. The Balaban J connectivity index is 1.73. The summed E-state index contributed by atoms with van der Waals surface area (Å²) in [6.07, 6.45) is 5.07. The lowest BCUT2D eigenvalue weighted by Gasteiger charge is -2.17. The molecule has 0 bridgehead atoms. The average Bonchev–Trinajstić information content (AvgIpc) is 3.30. The van der Waals surface area contributed by atoms with Crippen molar-refractivity contribution in [2.24, 2.45) is 0 Å². The summed E-state index contributed by atoms with van der Waals surface area (Å²) in [5.74, 6) is 0.864. The highest BCUT2D eigenvalue weighted by Crippen LogP contribution is 2.29. The van der Waals surface area contributed by atoms with E-state index in [0.717, 1.165) is 28.6 Å². The van der Waals surface area contributed by atoms with Crippen LogP contribution in [0.15, 0.2) is 54.9 Å². The third kappa shape index (κ3) is 3.03. The number of benzene rings is 2. The summed E-state index contributed by atoms with van der Waals surface area (Å²) in [4.78, 5) is 0. The van der Waals surface area contributed by atoms with E-state index in [1.54, 1.807) is 7.11 Å². The molecule has 0 amide bonds. The average molecular weight is 371 g/mol. The Morgan fingerprint density at radius 1 is 0.964 bits per heavy atom. The van der Waals surface area contributed by atoms with Gasteiger partial charge in [-0.2, -0.15) is 5.26 Å². The second kappa shape index (κ2) is 7.09. The molecule has 2 aromatic heterocycles. The highest BCUT2D eigenvalue weighted by atomic mass is 16.5. The first kappa shape index (κ1) is 18.2. The molecule has 4 heteroatoms. The van der Waals surface area contributed by atoms with Crippen molar-refractivity contribution in [2.45, 2.75) is 39.3 Å². The predicted octanol–water partition coefficient (Wildman–Crippen LogP) is 5.86. The van der Waals surface area contributed by atoms with Gasteiger partial charge in [-0.3, -0.25) is 0 Å². The zero-order valence-electron chi connectivity index (χ0n) is 16.8. The third-order valence-corrected chi connectivity index (χ3v) is 5.51. The van der Waals surface area contributed by atoms with Crippen LogP contribution in [0.2, 0.25) is 0 Å². The van der Waals surface area contributed by atoms with Gasteiger partial charge in [0, 0.05) is 41.4 Å². The van der Waals surface area contributed by atoms with Crippen LogP contribution in [0.25, 0.3) is 21.8 Å². The maximum absolute atomic E-state index is 9.65. The van der Waals surface area contributed by atoms with Gasteiger partial charge < -0.3 is 13.9 Å². The highest BCUT2D eigenvalue weighted by Gasteiger charge is 2.14. The summed E-state index contributed by atoms with van der Waals surface area (Å²) in [5, 5.41) is 11.9. The van der Waals surface area contributed by atoms with Crippen LogP contribution in [0, 0.1) is 11.3 Å². The maximum Gasteiger partial charge on any atom is 0.120 e. The molecule has 142 valence electrons. The summed E-state index contributed by atoms with van der Waals surface area (Å²) in [7, 11) is 1.69. The molecule has 0 fully saturated rings. The second-order valence-corrected chi connectivity index (χ2v) is 7.71. The number of aromatic nitrogens is 2. The SMILES string of the molecule is COc1ccc2ccn(C(C)Cc3cc(C#N)c4ccn(C(C)C)c4c3)c2c1. The third-order valence-electron chi connectivity index (χ3n) is 5.51. The first-order chi connectivity index (χ1) is 13.5. The van der Waals surface area contributed by atoms with Gasteiger partial charge in [0.25, 0.3) is 0 Å². The second-order valence-electron chi connectivity index (χ2n) is 7.71. The van der Waals surface area contributed by atoms with Crippen LogP contribution in [0.1, 0.15) is 44.0 Å². The fraction of sp³-hybridized carbons (Fsp3) is 0.292. The molecule has 0 aliphatic carbocycles. The molecule has 0 saturated carbocycles. The lowest BCUT2D eigenvalue weighted by atomic mass is 10.0. The van der Waals surface area contributed by atoms with Crippen molar-refractivity contribution in [3.8, 4) is 11.8 Å². The topological polar surface area (TPSA) is 42.9 Å². The Hall–Kier alpha value is -3.19. The smallest absolute Gasteiger partial charge is 0.120 e. The molecule has 28 heavy (non-hydrogen) atoms. The Morgan fingerprint density at radius 3 is 2.46 bits per heavy atom. The fourth-order valence-corrected chi connectivity index (χ4v) is 4.06. The van der Waals surface area contributed by atoms with Gasteiger partial charge in [-0.25, -0.2) is 0 Å². The fourth-order valence-electron chi connectivity index (χ4n) is 4.06. The molecular formula is C24H25N3O. The van der Waals surface area contributed by atoms with E-state index in [0.29, 0.717) is 6.04 Å². The van der Waals surface area contributed by atoms with E-state index >= 15 is 0 Å². The van der Waals surface area contributed by atoms with Crippen molar-refractivity contribution < 1.29 is 4.74 Å². The first-order valence-corrected chi connectivity index (χ1v) is 9.70. The quantitative estimate of drug-likeness (QED) is 0.441. The van der Waals surface area contributed by atoms with Crippen molar-refractivity contribution in [3.63, 3.8) is 0 Å². The zero-order valence-corrected chi connectivity index (χ0v) is 16.8. The Morgan fingerprint density at radius 2 is 1.75 bits per heavy atom. The van der Waals surface area contributed by atoms with Crippen LogP contribution in [0.5, 0.6) is 5.75 Å². The van der Waals surface area contributed by atoms with Gasteiger partial charge in [0.05, 0.1) is 24.3 Å². The molecule has 0 N–H and O–H groups in total. The van der Waals surface area contributed by atoms with Crippen molar-refractivity contribution in [1.82, 2.24) is 9.13 Å². The van der Waals surface area contributed by atoms with E-state index in [4.69, 9.17) is 4.74 Å². The van der Waals surface area contributed by atoms with E-state index in [2.05, 4.69) is 72.6 Å². The van der Waals surface area contributed by atoms with E-state index < -0.39 is 0 Å². The lowest BCUT2D eigenvalue weighted by molar-refractivity contribution is 0.415. The maximum atomic E-state index is 9.65. The van der Waals surface area contributed by atoms with Crippen molar-refractivity contribution >= 4 is 21.8 Å². The van der Waals surface area contributed by atoms with Gasteiger partial charge in [0.1, 0.15) is 5.75 Å². The first-order valence-electron chi connectivity index (χ1n) is 9.70. The minimum absolute atomic E-state index is 0.260. The van der Waals surface area contributed by atoms with E-state index in [-0.39, 0.29) is 6.04 Å². The molecule has 4 aromatic rings. The molecule has 1 unspecified atom stereocenters. The van der Waals surface area contributed by atoms with Crippen LogP contribution < -0.4 is 4.74 Å². The number of fused-ring (bicyclic) bond motifs is 2. The zero-order chi connectivity index (χ0) is 19.8. The normalized spacial score (nSPS) is 12.6. The predicted molar refractivity (Wildman–Crippen MR) is 114 cm³/mol. The van der Waals surface area contributed by atoms with Crippen molar-refractivity contribution in [2.75, 3.05) is 7.11 Å². The number of hydrogen-bond acceptors (Lipinski definition) is 2. The molecule has 0 aliphatic heterocycles. The van der Waals surface area contributed by atoms with Gasteiger partial charge in [0.15, 0.2) is 0 Å². The van der Waals surface area contributed by atoms with E-state index in [9.17, 15) is 5.26 Å². The molecule has 1 atom stereocenters. The highest BCUT2D eigenvalue weighted by molar-refractivity contribution is 5.87. The Kier molecular flexibility index (Phi) is 4.60. The molecule has 0 aliphatic rings.